The van der Waals surface area contributed by atoms with Crippen LogP contribution in [0.5, 0.6) is 11.5 Å². The third-order valence-electron chi connectivity index (χ3n) is 14.8. The maximum atomic E-state index is 6.97. The van der Waals surface area contributed by atoms with Crippen LogP contribution in [0.3, 0.4) is 0 Å². The van der Waals surface area contributed by atoms with E-state index >= 15 is 0 Å². The van der Waals surface area contributed by atoms with Gasteiger partial charge in [-0.25, -0.2) is 9.97 Å². The molecule has 1 aliphatic heterocycles. The molecule has 1 spiro atoms. The predicted molar refractivity (Wildman–Crippen MR) is 289 cm³/mol. The minimum atomic E-state index is -0.546. The lowest BCUT2D eigenvalue weighted by Gasteiger charge is -2.39. The zero-order valence-electron chi connectivity index (χ0n) is 39.1. The number of hydrogen-bond donors (Lipinski definition) is 0. The van der Waals surface area contributed by atoms with Gasteiger partial charge in [0.05, 0.1) is 16.8 Å². The number of hydrogen-bond acceptors (Lipinski definition) is 3. The monoisotopic (exact) mass is 908 g/mol. The maximum absolute atomic E-state index is 6.97. The highest BCUT2D eigenvalue weighted by Gasteiger charge is 2.51. The topological polar surface area (TPSA) is 35.0 Å². The van der Waals surface area contributed by atoms with Crippen LogP contribution in [-0.4, -0.2) is 9.97 Å². The van der Waals surface area contributed by atoms with E-state index in [-0.39, 0.29) is 11.8 Å². The van der Waals surface area contributed by atoms with E-state index in [1.807, 2.05) is 0 Å². The highest BCUT2D eigenvalue weighted by Crippen LogP contribution is 2.62. The summed E-state index contributed by atoms with van der Waals surface area (Å²) in [6.07, 6.45) is 0.851. The van der Waals surface area contributed by atoms with Gasteiger partial charge >= 0.3 is 0 Å². The molecule has 0 bridgehead atoms. The van der Waals surface area contributed by atoms with Crippen molar-refractivity contribution < 1.29 is 4.74 Å². The molecule has 336 valence electrons. The van der Waals surface area contributed by atoms with E-state index < -0.39 is 5.41 Å². The van der Waals surface area contributed by atoms with Crippen LogP contribution in [0.25, 0.3) is 56.2 Å². The van der Waals surface area contributed by atoms with E-state index in [1.165, 1.54) is 44.5 Å². The first-order valence-electron chi connectivity index (χ1n) is 24.6. The molecule has 2 aliphatic rings. The van der Waals surface area contributed by atoms with Gasteiger partial charge in [-0.05, 0) is 86.2 Å². The van der Waals surface area contributed by atoms with Crippen LogP contribution in [0.4, 0.5) is 0 Å². The summed E-state index contributed by atoms with van der Waals surface area (Å²) in [7, 11) is 0. The van der Waals surface area contributed by atoms with Crippen LogP contribution >= 0.6 is 0 Å². The highest BCUT2D eigenvalue weighted by atomic mass is 16.5. The molecule has 13 rings (SSSR count). The van der Waals surface area contributed by atoms with E-state index in [1.54, 1.807) is 0 Å². The van der Waals surface area contributed by atoms with Crippen molar-refractivity contribution in [3.8, 4) is 67.7 Å². The summed E-state index contributed by atoms with van der Waals surface area (Å²) in [6, 6.07) is 96.1. The molecule has 1 unspecified atom stereocenters. The van der Waals surface area contributed by atoms with Crippen molar-refractivity contribution in [2.24, 2.45) is 0 Å². The van der Waals surface area contributed by atoms with Crippen molar-refractivity contribution in [2.45, 2.75) is 23.7 Å². The molecule has 1 atom stereocenters. The van der Waals surface area contributed by atoms with Crippen molar-refractivity contribution in [3.05, 3.63) is 311 Å². The van der Waals surface area contributed by atoms with Gasteiger partial charge in [0.15, 0.2) is 5.82 Å². The molecule has 11 aromatic rings. The largest absolute Gasteiger partial charge is 0.457 e. The molecule has 0 amide bonds. The molecule has 10 aromatic carbocycles. The fraction of sp³-hybridized carbons (Fsp3) is 0.0588. The van der Waals surface area contributed by atoms with E-state index in [2.05, 4.69) is 267 Å². The Bertz CT molecular complexity index is 3620. The normalized spacial score (nSPS) is 13.1. The zero-order valence-corrected chi connectivity index (χ0v) is 39.1. The Hall–Kier alpha value is -8.92. The van der Waals surface area contributed by atoms with Crippen LogP contribution in [0.1, 0.15) is 56.3 Å². The van der Waals surface area contributed by atoms with Gasteiger partial charge in [0, 0.05) is 33.7 Å². The highest BCUT2D eigenvalue weighted by molar-refractivity contribution is 5.89. The number of para-hydroxylation sites is 1. The third kappa shape index (κ3) is 7.37. The molecular formula is C68H48N2O. The number of nitrogens with zero attached hydrogens (tertiary/aromatic N) is 2. The number of aromatic nitrogens is 2. The first kappa shape index (κ1) is 42.2. The maximum Gasteiger partial charge on any atom is 0.160 e. The summed E-state index contributed by atoms with van der Waals surface area (Å²) >= 11 is 0. The number of rotatable bonds is 10. The summed E-state index contributed by atoms with van der Waals surface area (Å²) in [4.78, 5) is 10.8. The van der Waals surface area contributed by atoms with Crippen LogP contribution in [0.15, 0.2) is 267 Å². The second kappa shape index (κ2) is 17.9. The van der Waals surface area contributed by atoms with Crippen molar-refractivity contribution in [3.63, 3.8) is 0 Å². The summed E-state index contributed by atoms with van der Waals surface area (Å²) in [5, 5.41) is 0. The smallest absolute Gasteiger partial charge is 0.160 e. The first-order valence-corrected chi connectivity index (χ1v) is 24.6. The Morgan fingerprint density at radius 2 is 0.817 bits per heavy atom. The van der Waals surface area contributed by atoms with Gasteiger partial charge in [-0.15, -0.1) is 0 Å². The molecule has 2 heterocycles. The van der Waals surface area contributed by atoms with Gasteiger partial charge in [-0.3, -0.25) is 0 Å². The number of benzene rings is 10. The van der Waals surface area contributed by atoms with E-state index in [9.17, 15) is 0 Å². The molecule has 0 radical (unpaired) electrons. The van der Waals surface area contributed by atoms with Crippen LogP contribution in [0.2, 0.25) is 0 Å². The Kier molecular flexibility index (Phi) is 10.6. The minimum absolute atomic E-state index is 0.161. The van der Waals surface area contributed by atoms with Gasteiger partial charge in [0.1, 0.15) is 11.5 Å². The standard InChI is InChI=1S/C68H48N2O/c1-5-21-47(22-6-1)53-29-13-14-32-56(53)63-45-62(52-41-42-61-65(44-52)71-64-36-20-19-35-60(64)68(61)58-33-17-15-30-54(58)55-31-16-18-34-59(55)68)69-67(70-63)51-39-37-46(38-40-51)43-57(48-23-7-2-8-24-48)66(49-25-9-3-10-26-49)50-27-11-4-12-28-50/h1-42,44-45,57,66H,43H2. The van der Waals surface area contributed by atoms with Gasteiger partial charge in [-0.1, -0.05) is 249 Å². The van der Waals surface area contributed by atoms with E-state index in [4.69, 9.17) is 14.7 Å². The zero-order chi connectivity index (χ0) is 47.1. The SMILES string of the molecule is c1ccc(-c2ccccc2-c2cc(-c3ccc4c(c3)Oc3ccccc3C43c4ccccc4-c4ccccc43)nc(-c3ccc(CC(c4ccccc4)C(c4ccccc4)c4ccccc4)cc3)n2)cc1. The number of fused-ring (bicyclic) bond motifs is 9. The molecule has 0 N–H and O–H groups in total. The van der Waals surface area contributed by atoms with Gasteiger partial charge in [0.25, 0.3) is 0 Å². The van der Waals surface area contributed by atoms with Crippen molar-refractivity contribution in [1.29, 1.82) is 0 Å². The Morgan fingerprint density at radius 1 is 0.338 bits per heavy atom. The Labute approximate surface area is 415 Å². The molecule has 0 saturated heterocycles. The molecule has 1 aromatic heterocycles. The fourth-order valence-corrected chi connectivity index (χ4v) is 11.6. The van der Waals surface area contributed by atoms with Crippen LogP contribution in [0, 0.1) is 0 Å². The lowest BCUT2D eigenvalue weighted by molar-refractivity contribution is 0.436. The summed E-state index contributed by atoms with van der Waals surface area (Å²) in [6.45, 7) is 0. The second-order valence-corrected chi connectivity index (χ2v) is 18.7. The molecule has 3 heteroatoms. The van der Waals surface area contributed by atoms with E-state index in [0.29, 0.717) is 5.82 Å². The molecular weight excluding hydrogens is 861 g/mol. The van der Waals surface area contributed by atoms with Crippen LogP contribution in [-0.2, 0) is 11.8 Å². The summed E-state index contributed by atoms with van der Waals surface area (Å²) in [5.74, 6) is 2.70. The first-order chi connectivity index (χ1) is 35.2. The minimum Gasteiger partial charge on any atom is -0.457 e. The van der Waals surface area contributed by atoms with Crippen molar-refractivity contribution in [1.82, 2.24) is 9.97 Å². The predicted octanol–water partition coefficient (Wildman–Crippen LogP) is 16.8. The molecule has 3 nitrogen and oxygen atoms in total. The molecule has 71 heavy (non-hydrogen) atoms. The summed E-state index contributed by atoms with van der Waals surface area (Å²) < 4.78 is 6.97. The average Bonchev–Trinajstić information content (AvgIpc) is 3.75. The van der Waals surface area contributed by atoms with Gasteiger partial charge in [0.2, 0.25) is 0 Å². The second-order valence-electron chi connectivity index (χ2n) is 18.7. The lowest BCUT2D eigenvalue weighted by Crippen LogP contribution is -2.32. The molecule has 0 saturated carbocycles. The Morgan fingerprint density at radius 3 is 1.45 bits per heavy atom. The third-order valence-corrected chi connectivity index (χ3v) is 14.8. The van der Waals surface area contributed by atoms with Gasteiger partial charge in [-0.2, -0.15) is 0 Å². The fourth-order valence-electron chi connectivity index (χ4n) is 11.6. The lowest BCUT2D eigenvalue weighted by atomic mass is 9.66. The van der Waals surface area contributed by atoms with Crippen LogP contribution < -0.4 is 4.74 Å². The van der Waals surface area contributed by atoms with Crippen molar-refractivity contribution in [2.75, 3.05) is 0 Å². The quantitative estimate of drug-likeness (QED) is 0.137. The molecule has 0 fully saturated rings. The van der Waals surface area contributed by atoms with E-state index in [0.717, 1.165) is 68.3 Å². The Balaban J connectivity index is 0.938. The number of ether oxygens (including phenoxy) is 1. The van der Waals surface area contributed by atoms with Gasteiger partial charge < -0.3 is 4.74 Å². The van der Waals surface area contributed by atoms with Crippen molar-refractivity contribution >= 4 is 0 Å². The summed E-state index contributed by atoms with van der Waals surface area (Å²) in [5.41, 5.74) is 18.8. The average molecular weight is 909 g/mol. The molecule has 1 aliphatic carbocycles.